The Hall–Kier alpha value is -4.15. The number of hydrogen-bond acceptors (Lipinski definition) is 5. The molecule has 0 saturated heterocycles. The van der Waals surface area contributed by atoms with Gasteiger partial charge in [0.15, 0.2) is 0 Å². The molecule has 258 valence electrons. The minimum Gasteiger partial charge on any atom is -0.495 e. The molecule has 1 atom stereocenters. The summed E-state index contributed by atoms with van der Waals surface area (Å²) in [7, 11) is -2.79. The van der Waals surface area contributed by atoms with Gasteiger partial charge >= 0.3 is 0 Å². The SMILES string of the molecule is COc1ccc(C)cc1N(CC(=O)N(Cc1cccc(Br)c1)[C@H](Cc1ccccc1)C(=O)NC1CCCCC1)S(=O)(=O)c1ccc(C)cc1. The summed E-state index contributed by atoms with van der Waals surface area (Å²) in [5.74, 6) is -0.456. The van der Waals surface area contributed by atoms with E-state index in [1.165, 1.54) is 12.0 Å². The fourth-order valence-corrected chi connectivity index (χ4v) is 8.14. The number of carbonyl (C=O) groups is 2. The number of halogens is 1. The largest absolute Gasteiger partial charge is 0.495 e. The lowest BCUT2D eigenvalue weighted by atomic mass is 9.94. The number of nitrogens with zero attached hydrogens (tertiary/aromatic N) is 2. The van der Waals surface area contributed by atoms with Crippen molar-refractivity contribution in [1.82, 2.24) is 10.2 Å². The van der Waals surface area contributed by atoms with Crippen molar-refractivity contribution < 1.29 is 22.7 Å². The number of amides is 2. The maximum absolute atomic E-state index is 14.8. The summed E-state index contributed by atoms with van der Waals surface area (Å²) in [6, 6.07) is 28.1. The molecule has 0 bridgehead atoms. The molecule has 4 aromatic carbocycles. The lowest BCUT2D eigenvalue weighted by Crippen LogP contribution is -2.55. The van der Waals surface area contributed by atoms with Crippen LogP contribution < -0.4 is 14.4 Å². The van der Waals surface area contributed by atoms with Crippen LogP contribution in [0.25, 0.3) is 0 Å². The van der Waals surface area contributed by atoms with Crippen LogP contribution in [0.1, 0.15) is 54.4 Å². The minimum absolute atomic E-state index is 0.0253. The zero-order chi connectivity index (χ0) is 35.0. The molecule has 2 amide bonds. The average molecular weight is 747 g/mol. The van der Waals surface area contributed by atoms with Crippen LogP contribution in [0.15, 0.2) is 106 Å². The second-order valence-corrected chi connectivity index (χ2v) is 15.5. The van der Waals surface area contributed by atoms with Gasteiger partial charge in [0.1, 0.15) is 18.3 Å². The number of anilines is 1. The third-order valence-electron chi connectivity index (χ3n) is 8.96. The highest BCUT2D eigenvalue weighted by molar-refractivity contribution is 9.10. The van der Waals surface area contributed by atoms with E-state index in [0.717, 1.165) is 63.1 Å². The van der Waals surface area contributed by atoms with E-state index in [1.54, 1.807) is 36.4 Å². The Kier molecular flexibility index (Phi) is 12.2. The lowest BCUT2D eigenvalue weighted by Gasteiger charge is -2.35. The molecule has 8 nitrogen and oxygen atoms in total. The van der Waals surface area contributed by atoms with E-state index < -0.39 is 28.5 Å². The van der Waals surface area contributed by atoms with Crippen molar-refractivity contribution in [3.05, 3.63) is 124 Å². The second kappa shape index (κ2) is 16.5. The highest BCUT2D eigenvalue weighted by atomic mass is 79.9. The molecule has 4 aromatic rings. The first-order valence-corrected chi connectivity index (χ1v) is 18.9. The molecule has 5 rings (SSSR count). The zero-order valence-corrected chi connectivity index (χ0v) is 30.7. The molecular formula is C39H44BrN3O5S. The molecule has 0 heterocycles. The summed E-state index contributed by atoms with van der Waals surface area (Å²) < 4.78 is 36.5. The van der Waals surface area contributed by atoms with Crippen molar-refractivity contribution in [3.8, 4) is 5.75 Å². The van der Waals surface area contributed by atoms with Crippen molar-refractivity contribution in [2.24, 2.45) is 0 Å². The average Bonchev–Trinajstić information content (AvgIpc) is 3.09. The molecule has 1 fully saturated rings. The molecule has 49 heavy (non-hydrogen) atoms. The highest BCUT2D eigenvalue weighted by Crippen LogP contribution is 2.34. The number of rotatable bonds is 13. The van der Waals surface area contributed by atoms with Crippen molar-refractivity contribution >= 4 is 43.5 Å². The molecule has 0 radical (unpaired) electrons. The van der Waals surface area contributed by atoms with Gasteiger partial charge in [-0.25, -0.2) is 8.42 Å². The fourth-order valence-electron chi connectivity index (χ4n) is 6.28. The Balaban J connectivity index is 1.60. The first-order valence-electron chi connectivity index (χ1n) is 16.7. The topological polar surface area (TPSA) is 96.0 Å². The molecule has 0 aromatic heterocycles. The number of aryl methyl sites for hydroxylation is 2. The molecule has 10 heteroatoms. The van der Waals surface area contributed by atoms with Crippen LogP contribution in [0.4, 0.5) is 5.69 Å². The monoisotopic (exact) mass is 745 g/mol. The van der Waals surface area contributed by atoms with Crippen molar-refractivity contribution in [1.29, 1.82) is 0 Å². The van der Waals surface area contributed by atoms with Gasteiger partial charge in [-0.15, -0.1) is 0 Å². The zero-order valence-electron chi connectivity index (χ0n) is 28.3. The lowest BCUT2D eigenvalue weighted by molar-refractivity contribution is -0.140. The van der Waals surface area contributed by atoms with Gasteiger partial charge in [-0.05, 0) is 79.8 Å². The van der Waals surface area contributed by atoms with Crippen molar-refractivity contribution in [2.45, 2.75) is 75.9 Å². The Morgan fingerprint density at radius 3 is 2.20 bits per heavy atom. The van der Waals surface area contributed by atoms with Crippen LogP contribution >= 0.6 is 15.9 Å². The molecule has 1 aliphatic carbocycles. The van der Waals surface area contributed by atoms with E-state index in [2.05, 4.69) is 21.2 Å². The van der Waals surface area contributed by atoms with Crippen molar-refractivity contribution in [3.63, 3.8) is 0 Å². The Bertz CT molecular complexity index is 1840. The van der Waals surface area contributed by atoms with E-state index in [-0.39, 0.29) is 35.5 Å². The highest BCUT2D eigenvalue weighted by Gasteiger charge is 2.36. The third-order valence-corrected chi connectivity index (χ3v) is 11.2. The van der Waals surface area contributed by atoms with Crippen LogP contribution in [-0.4, -0.2) is 50.9 Å². The van der Waals surface area contributed by atoms with Gasteiger partial charge in [0.25, 0.3) is 10.0 Å². The van der Waals surface area contributed by atoms with Gasteiger partial charge in [-0.3, -0.25) is 13.9 Å². The quantitative estimate of drug-likeness (QED) is 0.154. The van der Waals surface area contributed by atoms with E-state index in [9.17, 15) is 18.0 Å². The van der Waals surface area contributed by atoms with Crippen LogP contribution in [-0.2, 0) is 32.6 Å². The summed E-state index contributed by atoms with van der Waals surface area (Å²) >= 11 is 3.54. The van der Waals surface area contributed by atoms with E-state index in [1.807, 2.05) is 74.5 Å². The second-order valence-electron chi connectivity index (χ2n) is 12.7. The van der Waals surface area contributed by atoms with E-state index in [4.69, 9.17) is 4.74 Å². The smallest absolute Gasteiger partial charge is 0.264 e. The first kappa shape index (κ1) is 36.1. The Morgan fingerprint density at radius 2 is 1.53 bits per heavy atom. The van der Waals surface area contributed by atoms with E-state index in [0.29, 0.717) is 5.75 Å². The summed E-state index contributed by atoms with van der Waals surface area (Å²) in [5, 5.41) is 3.25. The number of benzene rings is 4. The number of methoxy groups -OCH3 is 1. The van der Waals surface area contributed by atoms with Gasteiger partial charge < -0.3 is 15.0 Å². The van der Waals surface area contributed by atoms with Crippen LogP contribution in [0.3, 0.4) is 0 Å². The molecule has 0 spiro atoms. The number of ether oxygens (including phenoxy) is 1. The molecule has 0 aliphatic heterocycles. The number of sulfonamides is 1. The summed E-state index contributed by atoms with van der Waals surface area (Å²) in [6.45, 7) is 3.28. The Labute approximate surface area is 298 Å². The molecule has 0 unspecified atom stereocenters. The molecule has 1 aliphatic rings. The molecule has 1 saturated carbocycles. The summed E-state index contributed by atoms with van der Waals surface area (Å²) in [5.41, 5.74) is 3.63. The molecule has 1 N–H and O–H groups in total. The van der Waals surface area contributed by atoms with Crippen LogP contribution in [0, 0.1) is 13.8 Å². The van der Waals surface area contributed by atoms with Gasteiger partial charge in [0.2, 0.25) is 11.8 Å². The maximum atomic E-state index is 14.8. The summed E-state index contributed by atoms with van der Waals surface area (Å²) in [4.78, 5) is 30.7. The van der Waals surface area contributed by atoms with Gasteiger partial charge in [0, 0.05) is 23.5 Å². The van der Waals surface area contributed by atoms with Gasteiger partial charge in [0.05, 0.1) is 17.7 Å². The standard InChI is InChI=1S/C39H44BrN3O5S/c1-28-17-20-34(21-18-28)49(46,47)43(35-23-29(2)19-22-37(35)48-3)27-38(44)42(26-31-13-10-14-32(40)24-31)36(25-30-11-6-4-7-12-30)39(45)41-33-15-8-5-9-16-33/h4,6-7,10-14,17-24,33,36H,5,8-9,15-16,25-27H2,1-3H3,(H,41,45)/t36-/m1/s1. The predicted octanol–water partition coefficient (Wildman–Crippen LogP) is 7.36. The number of hydrogen-bond donors (Lipinski definition) is 1. The predicted molar refractivity (Wildman–Crippen MR) is 197 cm³/mol. The maximum Gasteiger partial charge on any atom is 0.264 e. The number of nitrogens with one attached hydrogen (secondary N) is 1. The van der Waals surface area contributed by atoms with Gasteiger partial charge in [-0.1, -0.05) is 101 Å². The fraction of sp³-hybridized carbons (Fsp3) is 0.333. The van der Waals surface area contributed by atoms with Crippen LogP contribution in [0.2, 0.25) is 0 Å². The normalized spacial score (nSPS) is 14.1. The van der Waals surface area contributed by atoms with Crippen LogP contribution in [0.5, 0.6) is 5.75 Å². The third kappa shape index (κ3) is 9.30. The first-order chi connectivity index (χ1) is 23.5. The minimum atomic E-state index is -4.26. The summed E-state index contributed by atoms with van der Waals surface area (Å²) in [6.07, 6.45) is 5.26. The van der Waals surface area contributed by atoms with E-state index >= 15 is 0 Å². The van der Waals surface area contributed by atoms with Crippen molar-refractivity contribution in [2.75, 3.05) is 18.0 Å². The number of carbonyl (C=O) groups excluding carboxylic acids is 2. The van der Waals surface area contributed by atoms with Gasteiger partial charge in [-0.2, -0.15) is 0 Å². The molecular weight excluding hydrogens is 702 g/mol. The Morgan fingerprint density at radius 1 is 0.857 bits per heavy atom.